The lowest BCUT2D eigenvalue weighted by molar-refractivity contribution is 0.481. The van der Waals surface area contributed by atoms with Crippen LogP contribution in [-0.4, -0.2) is 0 Å². The maximum atomic E-state index is 12.2. The van der Waals surface area contributed by atoms with E-state index >= 15 is 0 Å². The van der Waals surface area contributed by atoms with Crippen LogP contribution in [0.25, 0.3) is 0 Å². The smallest absolute Gasteiger partial charge is 0.161 e. The van der Waals surface area contributed by atoms with Crippen LogP contribution in [0.3, 0.4) is 0 Å². The summed E-state index contributed by atoms with van der Waals surface area (Å²) in [5.74, 6) is -0.0141. The van der Waals surface area contributed by atoms with Gasteiger partial charge in [-0.1, -0.05) is 6.08 Å². The molecule has 0 saturated heterocycles. The Morgan fingerprint density at radius 1 is 1.80 bits per heavy atom. The predicted molar refractivity (Wildman–Crippen MR) is 35.8 cm³/mol. The molecule has 1 rings (SSSR count). The molecule has 0 aliphatic rings. The number of furan rings is 1. The summed E-state index contributed by atoms with van der Waals surface area (Å²) in [5, 5.41) is 0. The maximum absolute atomic E-state index is 12.2. The molecule has 1 heterocycles. The van der Waals surface area contributed by atoms with Crippen molar-refractivity contribution in [3.8, 4) is 0 Å². The first kappa shape index (κ1) is 7.02. The van der Waals surface area contributed by atoms with Gasteiger partial charge in [0.05, 0.1) is 6.04 Å². The van der Waals surface area contributed by atoms with E-state index in [0.717, 1.165) is 6.26 Å². The van der Waals surface area contributed by atoms with Gasteiger partial charge < -0.3 is 10.2 Å². The Balaban J connectivity index is 2.84. The summed E-state index contributed by atoms with van der Waals surface area (Å²) in [6.07, 6.45) is 2.50. The molecule has 0 amide bonds. The lowest BCUT2D eigenvalue weighted by Gasteiger charge is -1.97. The second-order valence-corrected chi connectivity index (χ2v) is 1.93. The minimum atomic E-state index is -0.413. The lowest BCUT2D eigenvalue weighted by atomic mass is 10.2. The molecule has 1 unspecified atom stereocenters. The van der Waals surface area contributed by atoms with Crippen molar-refractivity contribution in [3.63, 3.8) is 0 Å². The van der Waals surface area contributed by atoms with Gasteiger partial charge in [-0.3, -0.25) is 0 Å². The molecule has 10 heavy (non-hydrogen) atoms. The van der Waals surface area contributed by atoms with Gasteiger partial charge in [0.15, 0.2) is 5.82 Å². The van der Waals surface area contributed by atoms with Gasteiger partial charge >= 0.3 is 0 Å². The molecule has 0 aliphatic carbocycles. The quantitative estimate of drug-likeness (QED) is 0.635. The van der Waals surface area contributed by atoms with E-state index in [1.807, 2.05) is 0 Å². The summed E-state index contributed by atoms with van der Waals surface area (Å²) in [5.41, 5.74) is 5.43. The van der Waals surface area contributed by atoms with E-state index in [1.54, 1.807) is 0 Å². The molecule has 2 nitrogen and oxygen atoms in total. The average molecular weight is 141 g/mol. The summed E-state index contributed by atoms with van der Waals surface area (Å²) in [4.78, 5) is 0. The zero-order chi connectivity index (χ0) is 7.56. The molecule has 3 heteroatoms. The molecule has 0 radical (unpaired) electrons. The van der Waals surface area contributed by atoms with Crippen LogP contribution in [0.2, 0.25) is 0 Å². The van der Waals surface area contributed by atoms with Crippen LogP contribution in [0.5, 0.6) is 0 Å². The average Bonchev–Trinajstić information content (AvgIpc) is 2.34. The second-order valence-electron chi connectivity index (χ2n) is 1.93. The lowest BCUT2D eigenvalue weighted by Crippen LogP contribution is -2.04. The van der Waals surface area contributed by atoms with E-state index in [9.17, 15) is 4.39 Å². The van der Waals surface area contributed by atoms with Gasteiger partial charge in [0, 0.05) is 6.07 Å². The van der Waals surface area contributed by atoms with E-state index in [4.69, 9.17) is 10.2 Å². The fourth-order valence-corrected chi connectivity index (χ4v) is 0.619. The van der Waals surface area contributed by atoms with Gasteiger partial charge in [-0.25, -0.2) is 4.39 Å². The zero-order valence-electron chi connectivity index (χ0n) is 5.38. The first-order chi connectivity index (χ1) is 4.74. The van der Waals surface area contributed by atoms with Gasteiger partial charge in [0.1, 0.15) is 12.0 Å². The van der Waals surface area contributed by atoms with Crippen molar-refractivity contribution in [2.24, 2.45) is 5.73 Å². The Labute approximate surface area is 58.1 Å². The molecule has 0 saturated carbocycles. The van der Waals surface area contributed by atoms with Crippen molar-refractivity contribution in [2.45, 2.75) is 6.04 Å². The largest absolute Gasteiger partial charge is 0.464 e. The molecule has 1 atom stereocenters. The SMILES string of the molecule is C=CC(N)c1cc(F)co1. The highest BCUT2D eigenvalue weighted by molar-refractivity contribution is 5.10. The van der Waals surface area contributed by atoms with Crippen molar-refractivity contribution < 1.29 is 8.81 Å². The molecule has 2 N–H and O–H groups in total. The standard InChI is InChI=1S/C7H8FNO/c1-2-6(9)7-3-5(8)4-10-7/h2-4,6H,1,9H2. The molecule has 0 fully saturated rings. The normalized spacial score (nSPS) is 13.0. The third-order valence-electron chi connectivity index (χ3n) is 1.17. The number of halogens is 1. The monoisotopic (exact) mass is 141 g/mol. The highest BCUT2D eigenvalue weighted by Crippen LogP contribution is 2.13. The molecule has 54 valence electrons. The van der Waals surface area contributed by atoms with Gasteiger partial charge in [0.2, 0.25) is 0 Å². The maximum Gasteiger partial charge on any atom is 0.161 e. The van der Waals surface area contributed by atoms with Crippen LogP contribution < -0.4 is 5.73 Å². The van der Waals surface area contributed by atoms with Crippen molar-refractivity contribution >= 4 is 0 Å². The van der Waals surface area contributed by atoms with E-state index in [2.05, 4.69) is 6.58 Å². The fourth-order valence-electron chi connectivity index (χ4n) is 0.619. The number of rotatable bonds is 2. The van der Waals surface area contributed by atoms with Gasteiger partial charge in [-0.05, 0) is 0 Å². The predicted octanol–water partition coefficient (Wildman–Crippen LogP) is 1.60. The highest BCUT2D eigenvalue weighted by Gasteiger charge is 2.05. The minimum absolute atomic E-state index is 0.396. The molecule has 0 spiro atoms. The molecule has 0 bridgehead atoms. The fraction of sp³-hybridized carbons (Fsp3) is 0.143. The third kappa shape index (κ3) is 1.25. The van der Waals surface area contributed by atoms with Crippen LogP contribution in [-0.2, 0) is 0 Å². The van der Waals surface area contributed by atoms with E-state index in [-0.39, 0.29) is 0 Å². The van der Waals surface area contributed by atoms with Crippen LogP contribution in [0.4, 0.5) is 4.39 Å². The Hall–Kier alpha value is -1.09. The third-order valence-corrected chi connectivity index (χ3v) is 1.17. The summed E-state index contributed by atoms with van der Waals surface area (Å²) >= 11 is 0. The van der Waals surface area contributed by atoms with Crippen LogP contribution >= 0.6 is 0 Å². The number of hydrogen-bond acceptors (Lipinski definition) is 2. The summed E-state index contributed by atoms with van der Waals surface area (Å²) in [6, 6.07) is 0.830. The van der Waals surface area contributed by atoms with Crippen molar-refractivity contribution in [2.75, 3.05) is 0 Å². The van der Waals surface area contributed by atoms with E-state index in [1.165, 1.54) is 12.1 Å². The van der Waals surface area contributed by atoms with Gasteiger partial charge in [-0.2, -0.15) is 0 Å². The van der Waals surface area contributed by atoms with E-state index in [0.29, 0.717) is 5.76 Å². The zero-order valence-corrected chi connectivity index (χ0v) is 5.38. The molecule has 1 aromatic heterocycles. The second kappa shape index (κ2) is 2.66. The summed E-state index contributed by atoms with van der Waals surface area (Å²) in [7, 11) is 0. The van der Waals surface area contributed by atoms with Gasteiger partial charge in [-0.15, -0.1) is 6.58 Å². The highest BCUT2D eigenvalue weighted by atomic mass is 19.1. The van der Waals surface area contributed by atoms with Crippen molar-refractivity contribution in [1.82, 2.24) is 0 Å². The molecular formula is C7H8FNO. The Kier molecular flexibility index (Phi) is 1.87. The first-order valence-corrected chi connectivity index (χ1v) is 2.86. The molecule has 0 aromatic carbocycles. The molecule has 0 aliphatic heterocycles. The summed E-state index contributed by atoms with van der Waals surface area (Å²) in [6.45, 7) is 3.44. The summed E-state index contributed by atoms with van der Waals surface area (Å²) < 4.78 is 17.0. The van der Waals surface area contributed by atoms with E-state index < -0.39 is 11.9 Å². The molecule has 1 aromatic rings. The van der Waals surface area contributed by atoms with Gasteiger partial charge in [0.25, 0.3) is 0 Å². The minimum Gasteiger partial charge on any atom is -0.464 e. The van der Waals surface area contributed by atoms with Crippen LogP contribution in [0.15, 0.2) is 29.4 Å². The first-order valence-electron chi connectivity index (χ1n) is 2.86. The molecular weight excluding hydrogens is 133 g/mol. The van der Waals surface area contributed by atoms with Crippen molar-refractivity contribution in [3.05, 3.63) is 36.6 Å². The van der Waals surface area contributed by atoms with Crippen LogP contribution in [0, 0.1) is 5.82 Å². The number of hydrogen-bond donors (Lipinski definition) is 1. The Morgan fingerprint density at radius 3 is 2.90 bits per heavy atom. The number of nitrogens with two attached hydrogens (primary N) is 1. The Morgan fingerprint density at radius 2 is 2.50 bits per heavy atom. The van der Waals surface area contributed by atoms with Crippen LogP contribution in [0.1, 0.15) is 11.8 Å². The van der Waals surface area contributed by atoms with Crippen molar-refractivity contribution in [1.29, 1.82) is 0 Å². The topological polar surface area (TPSA) is 39.2 Å². The Bertz CT molecular complexity index is 231.